The van der Waals surface area contributed by atoms with E-state index in [1.165, 1.54) is 12.1 Å². The molecule has 0 spiro atoms. The molecule has 0 bridgehead atoms. The number of halogens is 2. The van der Waals surface area contributed by atoms with Gasteiger partial charge in [-0.1, -0.05) is 0 Å². The lowest BCUT2D eigenvalue weighted by Crippen LogP contribution is -2.20. The maximum absolute atomic E-state index is 12.7. The summed E-state index contributed by atoms with van der Waals surface area (Å²) < 4.78 is 45.7. The van der Waals surface area contributed by atoms with Crippen LogP contribution in [0.2, 0.25) is 0 Å². The molecule has 0 aliphatic rings. The van der Waals surface area contributed by atoms with Crippen LogP contribution in [-0.4, -0.2) is 38.1 Å². The summed E-state index contributed by atoms with van der Waals surface area (Å²) in [6.07, 6.45) is 0. The Balaban J connectivity index is 2.21. The third kappa shape index (κ3) is 6.84. The number of ether oxygens (including phenoxy) is 4. The zero-order valence-electron chi connectivity index (χ0n) is 17.9. The zero-order chi connectivity index (χ0) is 22.8. The van der Waals surface area contributed by atoms with Crippen LogP contribution >= 0.6 is 0 Å². The van der Waals surface area contributed by atoms with Gasteiger partial charge in [0.05, 0.1) is 25.5 Å². The highest BCUT2D eigenvalue weighted by atomic mass is 19.3. The number of amides is 1. The maximum Gasteiger partial charge on any atom is 0.387 e. The lowest BCUT2D eigenvalue weighted by Gasteiger charge is -2.16. The molecule has 9 heteroatoms. The van der Waals surface area contributed by atoms with Gasteiger partial charge in [0, 0.05) is 5.56 Å². The molecule has 0 saturated carbocycles. The molecule has 2 rings (SSSR count). The number of carbonyl (C=O) groups is 1. The van der Waals surface area contributed by atoms with Crippen molar-refractivity contribution in [1.29, 1.82) is 0 Å². The van der Waals surface area contributed by atoms with Gasteiger partial charge in [0.2, 0.25) is 5.75 Å². The van der Waals surface area contributed by atoms with Gasteiger partial charge in [0.15, 0.2) is 11.5 Å². The molecule has 0 fully saturated rings. The molecule has 2 aromatic carbocycles. The van der Waals surface area contributed by atoms with Crippen LogP contribution in [-0.2, 0) is 0 Å². The molecule has 0 aliphatic carbocycles. The first-order chi connectivity index (χ1) is 14.9. The van der Waals surface area contributed by atoms with Crippen molar-refractivity contribution in [2.24, 2.45) is 5.10 Å². The van der Waals surface area contributed by atoms with E-state index in [1.807, 2.05) is 20.8 Å². The van der Waals surface area contributed by atoms with E-state index in [-0.39, 0.29) is 11.3 Å². The van der Waals surface area contributed by atoms with Crippen molar-refractivity contribution in [1.82, 2.24) is 5.43 Å². The van der Waals surface area contributed by atoms with Gasteiger partial charge in [0.1, 0.15) is 5.75 Å². The second kappa shape index (κ2) is 11.7. The number of benzene rings is 2. The van der Waals surface area contributed by atoms with Crippen molar-refractivity contribution in [3.05, 3.63) is 47.5 Å². The molecule has 168 valence electrons. The van der Waals surface area contributed by atoms with E-state index in [0.29, 0.717) is 48.3 Å². The van der Waals surface area contributed by atoms with Crippen molar-refractivity contribution >= 4 is 11.6 Å². The number of hydrogen-bond donors (Lipinski definition) is 1. The number of hydrogen-bond acceptors (Lipinski definition) is 6. The first-order valence-corrected chi connectivity index (χ1v) is 9.85. The summed E-state index contributed by atoms with van der Waals surface area (Å²) in [5.74, 6) is 0.805. The lowest BCUT2D eigenvalue weighted by molar-refractivity contribution is -0.0498. The summed E-state index contributed by atoms with van der Waals surface area (Å²) in [6.45, 7) is 5.47. The summed E-state index contributed by atoms with van der Waals surface area (Å²) in [6, 6.07) is 9.07. The third-order valence-corrected chi connectivity index (χ3v) is 3.99. The minimum atomic E-state index is -2.89. The Morgan fingerprint density at radius 1 is 0.935 bits per heavy atom. The Labute approximate surface area is 180 Å². The van der Waals surface area contributed by atoms with Crippen LogP contribution in [0.15, 0.2) is 41.5 Å². The fourth-order valence-corrected chi connectivity index (χ4v) is 2.66. The van der Waals surface area contributed by atoms with Crippen molar-refractivity contribution in [2.45, 2.75) is 34.3 Å². The zero-order valence-corrected chi connectivity index (χ0v) is 17.9. The third-order valence-electron chi connectivity index (χ3n) is 3.99. The summed E-state index contributed by atoms with van der Waals surface area (Å²) in [5.41, 5.74) is 3.89. The molecular weight excluding hydrogens is 410 g/mol. The molecule has 0 saturated heterocycles. The predicted molar refractivity (Wildman–Crippen MR) is 113 cm³/mol. The minimum Gasteiger partial charge on any atom is -0.490 e. The quantitative estimate of drug-likeness (QED) is 0.410. The van der Waals surface area contributed by atoms with Gasteiger partial charge in [-0.25, -0.2) is 5.43 Å². The number of alkyl halides is 2. The fourth-order valence-electron chi connectivity index (χ4n) is 2.66. The highest BCUT2D eigenvalue weighted by Gasteiger charge is 2.18. The number of hydrazone groups is 1. The van der Waals surface area contributed by atoms with E-state index in [4.69, 9.17) is 14.2 Å². The topological polar surface area (TPSA) is 78.4 Å². The van der Waals surface area contributed by atoms with Crippen molar-refractivity contribution in [2.75, 3.05) is 19.8 Å². The molecule has 0 atom stereocenters. The van der Waals surface area contributed by atoms with Gasteiger partial charge >= 0.3 is 6.61 Å². The van der Waals surface area contributed by atoms with Crippen LogP contribution in [0.5, 0.6) is 23.0 Å². The van der Waals surface area contributed by atoms with E-state index < -0.39 is 12.5 Å². The lowest BCUT2D eigenvalue weighted by atomic mass is 10.1. The SMILES string of the molecule is CCOc1cc(C(=O)N/N=C(\C)c2ccc(OC(F)F)cc2)cc(OCC)c1OCC. The Morgan fingerprint density at radius 2 is 1.48 bits per heavy atom. The molecule has 0 heterocycles. The van der Waals surface area contributed by atoms with E-state index in [2.05, 4.69) is 15.3 Å². The molecule has 7 nitrogen and oxygen atoms in total. The van der Waals surface area contributed by atoms with Crippen LogP contribution in [0.25, 0.3) is 0 Å². The predicted octanol–water partition coefficient (Wildman–Crippen LogP) is 4.64. The Hall–Kier alpha value is -3.36. The molecule has 2 aromatic rings. The average Bonchev–Trinajstić information content (AvgIpc) is 2.74. The van der Waals surface area contributed by atoms with Crippen molar-refractivity contribution in [3.63, 3.8) is 0 Å². The summed E-state index contributed by atoms with van der Waals surface area (Å²) >= 11 is 0. The van der Waals surface area contributed by atoms with Crippen LogP contribution in [0.4, 0.5) is 8.78 Å². The highest BCUT2D eigenvalue weighted by molar-refractivity contribution is 6.01. The van der Waals surface area contributed by atoms with Gasteiger partial charge in [-0.3, -0.25) is 4.79 Å². The monoisotopic (exact) mass is 436 g/mol. The molecule has 0 aromatic heterocycles. The van der Waals surface area contributed by atoms with Crippen LogP contribution in [0.3, 0.4) is 0 Å². The maximum atomic E-state index is 12.7. The summed E-state index contributed by atoms with van der Waals surface area (Å²) in [5, 5.41) is 4.09. The molecular formula is C22H26F2N2O5. The van der Waals surface area contributed by atoms with Gasteiger partial charge in [0.25, 0.3) is 5.91 Å². The van der Waals surface area contributed by atoms with E-state index in [9.17, 15) is 13.6 Å². The molecule has 31 heavy (non-hydrogen) atoms. The molecule has 0 aliphatic heterocycles. The Bertz CT molecular complexity index is 874. The molecule has 0 radical (unpaired) electrons. The Morgan fingerprint density at radius 3 is 1.97 bits per heavy atom. The van der Waals surface area contributed by atoms with Gasteiger partial charge in [-0.15, -0.1) is 0 Å². The van der Waals surface area contributed by atoms with Gasteiger partial charge in [-0.2, -0.15) is 13.9 Å². The second-order valence-corrected chi connectivity index (χ2v) is 6.14. The van der Waals surface area contributed by atoms with Crippen LogP contribution in [0.1, 0.15) is 43.6 Å². The number of carbonyl (C=O) groups excluding carboxylic acids is 1. The molecule has 0 unspecified atom stereocenters. The van der Waals surface area contributed by atoms with Crippen LogP contribution in [0, 0.1) is 0 Å². The van der Waals surface area contributed by atoms with E-state index in [0.717, 1.165) is 0 Å². The highest BCUT2D eigenvalue weighted by Crippen LogP contribution is 2.39. The molecule has 1 N–H and O–H groups in total. The fraction of sp³-hybridized carbons (Fsp3) is 0.364. The normalized spacial score (nSPS) is 11.3. The van der Waals surface area contributed by atoms with Crippen molar-refractivity contribution in [3.8, 4) is 23.0 Å². The van der Waals surface area contributed by atoms with Gasteiger partial charge in [-0.05, 0) is 69.7 Å². The van der Waals surface area contributed by atoms with E-state index >= 15 is 0 Å². The average molecular weight is 436 g/mol. The standard InChI is InChI=1S/C22H26F2N2O5/c1-5-28-18-12-16(13-19(29-6-2)20(18)30-7-3)21(27)26-25-14(4)15-8-10-17(11-9-15)31-22(23)24/h8-13,22H,5-7H2,1-4H3,(H,26,27)/b25-14+. The smallest absolute Gasteiger partial charge is 0.387 e. The summed E-state index contributed by atoms with van der Waals surface area (Å²) in [4.78, 5) is 12.7. The van der Waals surface area contributed by atoms with Gasteiger partial charge < -0.3 is 18.9 Å². The minimum absolute atomic E-state index is 0.0388. The second-order valence-electron chi connectivity index (χ2n) is 6.14. The largest absolute Gasteiger partial charge is 0.490 e. The first kappa shape index (κ1) is 23.9. The number of nitrogens with one attached hydrogen (secondary N) is 1. The number of nitrogens with zero attached hydrogens (tertiary/aromatic N) is 1. The van der Waals surface area contributed by atoms with Crippen LogP contribution < -0.4 is 24.4 Å². The van der Waals surface area contributed by atoms with E-state index in [1.54, 1.807) is 31.2 Å². The number of rotatable bonds is 11. The summed E-state index contributed by atoms with van der Waals surface area (Å²) in [7, 11) is 0. The van der Waals surface area contributed by atoms with Crippen molar-refractivity contribution < 1.29 is 32.5 Å². The Kier molecular flexibility index (Phi) is 9.05. The molecule has 1 amide bonds. The first-order valence-electron chi connectivity index (χ1n) is 9.85.